The molecule has 4 aliphatic rings. The first-order chi connectivity index (χ1) is 50.6. The molecule has 0 unspecified atom stereocenters. The maximum atomic E-state index is 2.64. The minimum absolute atomic E-state index is 0.0540. The molecular weight excluding hydrogens is 1260 g/mol. The van der Waals surface area contributed by atoms with Gasteiger partial charge in [0.2, 0.25) is 0 Å². The Hall–Kier alpha value is -10.3. The third-order valence-electron chi connectivity index (χ3n) is 24.3. The lowest BCUT2D eigenvalue weighted by molar-refractivity contribution is 0.414. The molecule has 0 aliphatic heterocycles. The zero-order valence-electron chi connectivity index (χ0n) is 60.8. The van der Waals surface area contributed by atoms with Crippen molar-refractivity contribution in [1.29, 1.82) is 0 Å². The van der Waals surface area contributed by atoms with Gasteiger partial charge in [0.15, 0.2) is 0 Å². The van der Waals surface area contributed by atoms with E-state index in [0.717, 1.165) is 42.7 Å². The Balaban J connectivity index is 0.766. The topological polar surface area (TPSA) is 6.48 Å². The van der Waals surface area contributed by atoms with Gasteiger partial charge < -0.3 is 9.80 Å². The Morgan fingerprint density at radius 2 is 0.631 bits per heavy atom. The van der Waals surface area contributed by atoms with Gasteiger partial charge in [-0.2, -0.15) is 0 Å². The molecule has 0 saturated heterocycles. The SMILES string of the molecule is CCCCC1(CCCC)c2cc(C)ccc2-c2ccc(N(c3ccc(-c4ccc(N(c5ccc(-c6cccc7c6sc6ccccc67)cc5)c5ccc6c(c5)-c5ccccc5C65c6ccccc6-c6ccccc65)cc4)c(C)c3)c3ccc4c(c3)C(CCCC)(CCCC)c3cc(C)ccc3-4)cc21. The number of unbranched alkanes of at least 4 members (excludes halogenated alkanes) is 4. The summed E-state index contributed by atoms with van der Waals surface area (Å²) >= 11 is 1.89. The summed E-state index contributed by atoms with van der Waals surface area (Å²) in [4.78, 5) is 5.11. The van der Waals surface area contributed by atoms with Crippen LogP contribution in [0.5, 0.6) is 0 Å². The molecule has 0 saturated carbocycles. The lowest BCUT2D eigenvalue weighted by Crippen LogP contribution is -2.26. The molecule has 506 valence electrons. The molecule has 4 aliphatic carbocycles. The van der Waals surface area contributed by atoms with Crippen molar-refractivity contribution in [2.24, 2.45) is 0 Å². The highest BCUT2D eigenvalue weighted by atomic mass is 32.1. The Labute approximate surface area is 614 Å². The molecule has 0 N–H and O–H groups in total. The van der Waals surface area contributed by atoms with Gasteiger partial charge in [0.1, 0.15) is 0 Å². The summed E-state index contributed by atoms with van der Waals surface area (Å²) in [6, 6.07) is 106. The van der Waals surface area contributed by atoms with Crippen LogP contribution in [-0.4, -0.2) is 0 Å². The third-order valence-corrected chi connectivity index (χ3v) is 25.5. The van der Waals surface area contributed by atoms with Gasteiger partial charge in [0.25, 0.3) is 0 Å². The highest BCUT2D eigenvalue weighted by Crippen LogP contribution is 2.64. The van der Waals surface area contributed by atoms with Crippen LogP contribution in [0.25, 0.3) is 86.9 Å². The van der Waals surface area contributed by atoms with E-state index in [0.29, 0.717) is 0 Å². The van der Waals surface area contributed by atoms with Crippen molar-refractivity contribution < 1.29 is 0 Å². The maximum absolute atomic E-state index is 2.64. The number of anilines is 6. The van der Waals surface area contributed by atoms with Crippen molar-refractivity contribution in [1.82, 2.24) is 0 Å². The standard InChI is InChI=1S/C100H90N2S/c1-8-12-55-98(56-13-9-2)92-59-65(5)35-49-81(92)83-52-46-74(63-94(83)98)102(75-47-53-84-82-50-36-66(6)60-93(82)99(57-14-10-3,58-15-11-4)95(84)64-75)72-45-51-76(67(7)61-72)68-37-41-70(42-38-68)101(71-43-39-69(40-44-71)77-29-24-30-86-85-28-19-23-34-96(85)103-97(77)86)73-48-54-91-87(62-73)80-27-18-22-33-90(80)100(91)88-31-20-16-25-78(88)79-26-17-21-32-89(79)100/h16-54,59-64H,8-15,55-58H2,1-7H3. The molecule has 0 fully saturated rings. The largest absolute Gasteiger partial charge is 0.310 e. The first-order valence-electron chi connectivity index (χ1n) is 38.4. The maximum Gasteiger partial charge on any atom is 0.0725 e. The molecule has 14 aromatic rings. The average Bonchev–Trinajstić information content (AvgIpc) is 1.51. The molecule has 1 heterocycles. The number of thiophene rings is 1. The summed E-state index contributed by atoms with van der Waals surface area (Å²) in [7, 11) is 0. The fourth-order valence-corrected chi connectivity index (χ4v) is 20.7. The second-order valence-corrected chi connectivity index (χ2v) is 31.3. The number of benzene rings is 13. The highest BCUT2D eigenvalue weighted by molar-refractivity contribution is 7.26. The van der Waals surface area contributed by atoms with Crippen LogP contribution in [0.3, 0.4) is 0 Å². The first kappa shape index (κ1) is 64.8. The summed E-state index contributed by atoms with van der Waals surface area (Å²) in [5.74, 6) is 0. The molecule has 1 spiro atoms. The Kier molecular flexibility index (Phi) is 16.3. The second kappa shape index (κ2) is 25.9. The molecule has 0 atom stereocenters. The number of nitrogens with zero attached hydrogens (tertiary/aromatic N) is 2. The van der Waals surface area contributed by atoms with E-state index in [2.05, 4.69) is 331 Å². The van der Waals surface area contributed by atoms with Crippen LogP contribution in [-0.2, 0) is 16.2 Å². The number of rotatable bonds is 20. The monoisotopic (exact) mass is 1350 g/mol. The Morgan fingerprint density at radius 1 is 0.272 bits per heavy atom. The summed E-state index contributed by atoms with van der Waals surface area (Å²) in [5, 5.41) is 2.63. The lowest BCUT2D eigenvalue weighted by atomic mass is 9.70. The van der Waals surface area contributed by atoms with Crippen molar-refractivity contribution in [3.63, 3.8) is 0 Å². The number of hydrogen-bond donors (Lipinski definition) is 0. The van der Waals surface area contributed by atoms with Crippen LogP contribution < -0.4 is 9.80 Å². The van der Waals surface area contributed by atoms with E-state index in [1.807, 2.05) is 11.3 Å². The van der Waals surface area contributed by atoms with Crippen LogP contribution in [0, 0.1) is 20.8 Å². The number of fused-ring (bicyclic) bond motifs is 19. The van der Waals surface area contributed by atoms with Gasteiger partial charge in [0.05, 0.1) is 5.41 Å². The van der Waals surface area contributed by atoms with Crippen LogP contribution in [0.2, 0.25) is 0 Å². The molecule has 13 aromatic carbocycles. The van der Waals surface area contributed by atoms with E-state index in [4.69, 9.17) is 0 Å². The van der Waals surface area contributed by atoms with Gasteiger partial charge in [-0.3, -0.25) is 0 Å². The van der Waals surface area contributed by atoms with Crippen LogP contribution >= 0.6 is 11.3 Å². The fourth-order valence-electron chi connectivity index (χ4n) is 19.5. The molecule has 103 heavy (non-hydrogen) atoms. The van der Waals surface area contributed by atoms with Gasteiger partial charge in [-0.25, -0.2) is 0 Å². The van der Waals surface area contributed by atoms with Crippen molar-refractivity contribution in [2.45, 2.75) is 142 Å². The van der Waals surface area contributed by atoms with Crippen molar-refractivity contribution in [2.75, 3.05) is 9.80 Å². The van der Waals surface area contributed by atoms with Gasteiger partial charge in [-0.1, -0.05) is 284 Å². The van der Waals surface area contributed by atoms with E-state index in [-0.39, 0.29) is 10.8 Å². The first-order valence-corrected chi connectivity index (χ1v) is 39.2. The number of aryl methyl sites for hydroxylation is 3. The minimum atomic E-state index is -0.424. The summed E-state index contributed by atoms with van der Waals surface area (Å²) < 4.78 is 2.65. The summed E-state index contributed by atoms with van der Waals surface area (Å²) in [6.45, 7) is 16.4. The van der Waals surface area contributed by atoms with Gasteiger partial charge in [0, 0.05) is 65.1 Å². The van der Waals surface area contributed by atoms with Crippen molar-refractivity contribution >= 4 is 65.6 Å². The molecule has 2 nitrogen and oxygen atoms in total. The Morgan fingerprint density at radius 3 is 1.14 bits per heavy atom. The predicted octanol–water partition coefficient (Wildman–Crippen LogP) is 28.9. The summed E-state index contributed by atoms with van der Waals surface area (Å²) in [6.07, 6.45) is 14.1. The van der Waals surface area contributed by atoms with E-state index in [9.17, 15) is 0 Å². The predicted molar refractivity (Wildman–Crippen MR) is 441 cm³/mol. The molecule has 0 bridgehead atoms. The molecule has 18 rings (SSSR count). The van der Waals surface area contributed by atoms with Crippen molar-refractivity contribution in [3.8, 4) is 66.8 Å². The molecule has 0 radical (unpaired) electrons. The van der Waals surface area contributed by atoms with Gasteiger partial charge in [-0.15, -0.1) is 11.3 Å². The third kappa shape index (κ3) is 10.1. The van der Waals surface area contributed by atoms with Crippen molar-refractivity contribution in [3.05, 3.63) is 334 Å². The molecule has 0 amide bonds. The highest BCUT2D eigenvalue weighted by Gasteiger charge is 2.52. The quantitative estimate of drug-likeness (QED) is 0.0750. The summed E-state index contributed by atoms with van der Waals surface area (Å²) in [5.41, 5.74) is 37.6. The molecule has 3 heteroatoms. The van der Waals surface area contributed by atoms with E-state index >= 15 is 0 Å². The average molecular weight is 1350 g/mol. The minimum Gasteiger partial charge on any atom is -0.310 e. The van der Waals surface area contributed by atoms with Crippen LogP contribution in [0.15, 0.2) is 273 Å². The van der Waals surface area contributed by atoms with Gasteiger partial charge >= 0.3 is 0 Å². The van der Waals surface area contributed by atoms with Crippen LogP contribution in [0.4, 0.5) is 34.1 Å². The van der Waals surface area contributed by atoms with E-state index < -0.39 is 5.41 Å². The molecule has 1 aromatic heterocycles. The lowest BCUT2D eigenvalue weighted by Gasteiger charge is -2.35. The zero-order valence-corrected chi connectivity index (χ0v) is 61.6. The van der Waals surface area contributed by atoms with Gasteiger partial charge in [-0.05, 0) is 242 Å². The van der Waals surface area contributed by atoms with Crippen LogP contribution in [0.1, 0.15) is 166 Å². The normalized spacial score (nSPS) is 14.1. The Bertz CT molecular complexity index is 5460. The second-order valence-electron chi connectivity index (χ2n) is 30.3. The van der Waals surface area contributed by atoms with E-state index in [1.165, 1.54) is 217 Å². The molecular formula is C100H90N2S. The number of hydrogen-bond acceptors (Lipinski definition) is 3. The van der Waals surface area contributed by atoms with E-state index in [1.54, 1.807) is 0 Å². The smallest absolute Gasteiger partial charge is 0.0725 e. The fraction of sp³-hybridized carbons (Fsp3) is 0.220. The zero-order chi connectivity index (χ0) is 69.7.